The number of carboxylic acids is 1. The standard InChI is InChI=1S/C13H22N2O4S/c16-11(6-8-15-9-10-20-13(15)19)14-7-4-2-1-3-5-12(17)18/h1-10H2,(H,14,16)(H,17,18). The molecule has 20 heavy (non-hydrogen) atoms. The van der Waals surface area contributed by atoms with Crippen molar-refractivity contribution in [3.63, 3.8) is 0 Å². The Balaban J connectivity index is 1.92. The molecule has 0 radical (unpaired) electrons. The van der Waals surface area contributed by atoms with Crippen molar-refractivity contribution in [2.45, 2.75) is 38.5 Å². The fourth-order valence-corrected chi connectivity index (χ4v) is 2.79. The van der Waals surface area contributed by atoms with E-state index in [1.807, 2.05) is 0 Å². The number of hydrogen-bond acceptors (Lipinski definition) is 4. The zero-order valence-electron chi connectivity index (χ0n) is 11.6. The third kappa shape index (κ3) is 7.37. The lowest BCUT2D eigenvalue weighted by Crippen LogP contribution is -2.31. The molecule has 1 rings (SSSR count). The molecule has 1 saturated heterocycles. The molecule has 0 aromatic heterocycles. The van der Waals surface area contributed by atoms with E-state index >= 15 is 0 Å². The quantitative estimate of drug-likeness (QED) is 0.600. The first kappa shape index (κ1) is 16.8. The van der Waals surface area contributed by atoms with Crippen LogP contribution in [0.5, 0.6) is 0 Å². The highest BCUT2D eigenvalue weighted by atomic mass is 32.2. The highest BCUT2D eigenvalue weighted by Crippen LogP contribution is 2.16. The van der Waals surface area contributed by atoms with Gasteiger partial charge >= 0.3 is 5.97 Å². The van der Waals surface area contributed by atoms with Gasteiger partial charge in [0, 0.05) is 38.2 Å². The Morgan fingerprint density at radius 1 is 1.20 bits per heavy atom. The minimum atomic E-state index is -0.757. The summed E-state index contributed by atoms with van der Waals surface area (Å²) in [6.07, 6.45) is 3.93. The number of aliphatic carboxylic acids is 1. The molecule has 1 fully saturated rings. The fourth-order valence-electron chi connectivity index (χ4n) is 1.94. The van der Waals surface area contributed by atoms with E-state index in [4.69, 9.17) is 5.11 Å². The number of carbonyl (C=O) groups is 3. The van der Waals surface area contributed by atoms with Gasteiger partial charge in [-0.25, -0.2) is 0 Å². The maximum Gasteiger partial charge on any atom is 0.303 e. The van der Waals surface area contributed by atoms with Crippen LogP contribution < -0.4 is 5.32 Å². The number of thioether (sulfide) groups is 1. The van der Waals surface area contributed by atoms with Crippen LogP contribution in [0.2, 0.25) is 0 Å². The van der Waals surface area contributed by atoms with E-state index in [2.05, 4.69) is 5.32 Å². The SMILES string of the molecule is O=C(O)CCCCCCNC(=O)CCN1CCSC1=O. The number of amides is 2. The summed E-state index contributed by atoms with van der Waals surface area (Å²) in [7, 11) is 0. The molecule has 6 nitrogen and oxygen atoms in total. The van der Waals surface area contributed by atoms with Gasteiger partial charge < -0.3 is 15.3 Å². The fraction of sp³-hybridized carbons (Fsp3) is 0.769. The van der Waals surface area contributed by atoms with E-state index < -0.39 is 5.97 Å². The Bertz CT molecular complexity index is 349. The molecule has 7 heteroatoms. The van der Waals surface area contributed by atoms with Gasteiger partial charge in [0.2, 0.25) is 5.91 Å². The van der Waals surface area contributed by atoms with Gasteiger partial charge in [0.05, 0.1) is 0 Å². The lowest BCUT2D eigenvalue weighted by atomic mass is 10.1. The lowest BCUT2D eigenvalue weighted by molar-refractivity contribution is -0.137. The number of nitrogens with one attached hydrogen (secondary N) is 1. The van der Waals surface area contributed by atoms with Crippen molar-refractivity contribution >= 4 is 28.9 Å². The van der Waals surface area contributed by atoms with Gasteiger partial charge in [-0.3, -0.25) is 14.4 Å². The molecule has 2 amide bonds. The summed E-state index contributed by atoms with van der Waals surface area (Å²) >= 11 is 1.30. The zero-order chi connectivity index (χ0) is 14.8. The van der Waals surface area contributed by atoms with Crippen LogP contribution in [0.15, 0.2) is 0 Å². The topological polar surface area (TPSA) is 86.7 Å². The van der Waals surface area contributed by atoms with E-state index in [-0.39, 0.29) is 17.6 Å². The van der Waals surface area contributed by atoms with Crippen LogP contribution in [0.4, 0.5) is 4.79 Å². The van der Waals surface area contributed by atoms with Crippen LogP contribution in [0, 0.1) is 0 Å². The molecule has 1 heterocycles. The molecule has 0 atom stereocenters. The van der Waals surface area contributed by atoms with E-state index in [0.29, 0.717) is 25.9 Å². The predicted molar refractivity (Wildman–Crippen MR) is 77.8 cm³/mol. The number of rotatable bonds is 10. The summed E-state index contributed by atoms with van der Waals surface area (Å²) in [4.78, 5) is 34.9. The molecular weight excluding hydrogens is 280 g/mol. The molecule has 0 unspecified atom stereocenters. The van der Waals surface area contributed by atoms with Crippen molar-refractivity contribution in [1.29, 1.82) is 0 Å². The Hall–Kier alpha value is -1.24. The van der Waals surface area contributed by atoms with Crippen molar-refractivity contribution in [2.75, 3.05) is 25.4 Å². The van der Waals surface area contributed by atoms with Crippen LogP contribution in [0.3, 0.4) is 0 Å². The van der Waals surface area contributed by atoms with Crippen molar-refractivity contribution in [3.05, 3.63) is 0 Å². The van der Waals surface area contributed by atoms with Crippen molar-refractivity contribution < 1.29 is 19.5 Å². The monoisotopic (exact) mass is 302 g/mol. The summed E-state index contributed by atoms with van der Waals surface area (Å²) in [6, 6.07) is 0. The third-order valence-electron chi connectivity index (χ3n) is 3.09. The summed E-state index contributed by atoms with van der Waals surface area (Å²) in [5.74, 6) is 0.0322. The second-order valence-electron chi connectivity index (χ2n) is 4.76. The normalized spacial score (nSPS) is 14.6. The number of hydrogen-bond donors (Lipinski definition) is 2. The highest BCUT2D eigenvalue weighted by Gasteiger charge is 2.21. The molecule has 0 spiro atoms. The molecular formula is C13H22N2O4S. The second-order valence-corrected chi connectivity index (χ2v) is 5.81. The first-order valence-electron chi connectivity index (χ1n) is 7.00. The minimum Gasteiger partial charge on any atom is -0.481 e. The van der Waals surface area contributed by atoms with Crippen molar-refractivity contribution in [1.82, 2.24) is 10.2 Å². The van der Waals surface area contributed by atoms with Crippen LogP contribution in [-0.4, -0.2) is 52.5 Å². The van der Waals surface area contributed by atoms with Crippen molar-refractivity contribution in [2.24, 2.45) is 0 Å². The van der Waals surface area contributed by atoms with Crippen LogP contribution in [0.25, 0.3) is 0 Å². The number of carbonyl (C=O) groups excluding carboxylic acids is 2. The summed E-state index contributed by atoms with van der Waals surface area (Å²) in [5.41, 5.74) is 0. The molecule has 0 aromatic rings. The number of unbranched alkanes of at least 4 members (excludes halogenated alkanes) is 3. The molecule has 2 N–H and O–H groups in total. The second kappa shape index (κ2) is 9.63. The van der Waals surface area contributed by atoms with Gasteiger partial charge in [0.25, 0.3) is 5.24 Å². The Morgan fingerprint density at radius 2 is 1.95 bits per heavy atom. The number of nitrogens with zero attached hydrogens (tertiary/aromatic N) is 1. The lowest BCUT2D eigenvalue weighted by Gasteiger charge is -2.13. The largest absolute Gasteiger partial charge is 0.481 e. The van der Waals surface area contributed by atoms with Crippen LogP contribution >= 0.6 is 11.8 Å². The molecule has 1 aliphatic rings. The predicted octanol–water partition coefficient (Wildman–Crippen LogP) is 1.70. The van der Waals surface area contributed by atoms with Gasteiger partial charge in [-0.2, -0.15) is 0 Å². The minimum absolute atomic E-state index is 0.0276. The van der Waals surface area contributed by atoms with Crippen molar-refractivity contribution in [3.8, 4) is 0 Å². The molecule has 0 aliphatic carbocycles. The Labute approximate surface area is 123 Å². The number of carboxylic acid groups (broad SMARTS) is 1. The van der Waals surface area contributed by atoms with E-state index in [9.17, 15) is 14.4 Å². The molecule has 1 aliphatic heterocycles. The summed E-state index contributed by atoms with van der Waals surface area (Å²) in [5, 5.41) is 11.4. The van der Waals surface area contributed by atoms with Gasteiger partial charge in [0.1, 0.15) is 0 Å². The van der Waals surface area contributed by atoms with E-state index in [1.54, 1.807) is 4.90 Å². The van der Waals surface area contributed by atoms with Gasteiger partial charge in [-0.15, -0.1) is 0 Å². The van der Waals surface area contributed by atoms with Crippen LogP contribution in [0.1, 0.15) is 38.5 Å². The summed E-state index contributed by atoms with van der Waals surface area (Å²) in [6.45, 7) is 1.85. The van der Waals surface area contributed by atoms with Crippen LogP contribution in [-0.2, 0) is 9.59 Å². The molecule has 0 saturated carbocycles. The molecule has 114 valence electrons. The molecule has 0 aromatic carbocycles. The average Bonchev–Trinajstić information content (AvgIpc) is 2.80. The summed E-state index contributed by atoms with van der Waals surface area (Å²) < 4.78 is 0. The maximum atomic E-state index is 11.6. The Kier molecular flexibility index (Phi) is 8.10. The zero-order valence-corrected chi connectivity index (χ0v) is 12.4. The van der Waals surface area contributed by atoms with E-state index in [0.717, 1.165) is 31.6 Å². The van der Waals surface area contributed by atoms with Gasteiger partial charge in [0.15, 0.2) is 0 Å². The smallest absolute Gasteiger partial charge is 0.303 e. The van der Waals surface area contributed by atoms with E-state index in [1.165, 1.54) is 11.8 Å². The first-order chi connectivity index (χ1) is 9.59. The van der Waals surface area contributed by atoms with Gasteiger partial charge in [-0.05, 0) is 12.8 Å². The Morgan fingerprint density at radius 3 is 2.60 bits per heavy atom. The highest BCUT2D eigenvalue weighted by molar-refractivity contribution is 8.13. The average molecular weight is 302 g/mol. The first-order valence-corrected chi connectivity index (χ1v) is 7.98. The van der Waals surface area contributed by atoms with Gasteiger partial charge in [-0.1, -0.05) is 24.6 Å². The third-order valence-corrected chi connectivity index (χ3v) is 3.99. The molecule has 0 bridgehead atoms. The maximum absolute atomic E-state index is 11.6.